The minimum Gasteiger partial charge on any atom is -0.479 e. The number of hydrogen-bond donors (Lipinski definition) is 1. The lowest BCUT2D eigenvalue weighted by molar-refractivity contribution is -0.134. The quantitative estimate of drug-likeness (QED) is 0.824. The Kier molecular flexibility index (Phi) is 5.57. The molecule has 138 valence electrons. The summed E-state index contributed by atoms with van der Waals surface area (Å²) in [6, 6.07) is 1.43. The van der Waals surface area contributed by atoms with E-state index in [1.165, 1.54) is 13.2 Å². The molecule has 1 aromatic rings. The van der Waals surface area contributed by atoms with E-state index in [9.17, 15) is 9.59 Å². The topological polar surface area (TPSA) is 93.9 Å². The first kappa shape index (κ1) is 17.7. The largest absolute Gasteiger partial charge is 0.479 e. The Morgan fingerprint density at radius 2 is 2.32 bits per heavy atom. The highest BCUT2D eigenvalue weighted by molar-refractivity contribution is 5.91. The van der Waals surface area contributed by atoms with Gasteiger partial charge >= 0.3 is 0 Å². The Morgan fingerprint density at radius 3 is 3.00 bits per heavy atom. The number of ether oxygens (including phenoxy) is 2. The van der Waals surface area contributed by atoms with E-state index in [1.54, 1.807) is 0 Å². The average Bonchev–Trinajstić information content (AvgIpc) is 3.39. The van der Waals surface area contributed by atoms with E-state index in [0.717, 1.165) is 25.9 Å². The van der Waals surface area contributed by atoms with Crippen molar-refractivity contribution in [2.75, 3.05) is 33.4 Å². The monoisotopic (exact) mass is 351 g/mol. The minimum atomic E-state index is -0.375. The third-order valence-corrected chi connectivity index (χ3v) is 5.02. The molecule has 0 aromatic carbocycles. The van der Waals surface area contributed by atoms with Crippen LogP contribution in [-0.4, -0.2) is 61.3 Å². The Labute approximate surface area is 146 Å². The minimum absolute atomic E-state index is 0.0881. The van der Waals surface area contributed by atoms with Crippen molar-refractivity contribution in [2.24, 2.45) is 11.8 Å². The number of hydrogen-bond acceptors (Lipinski definition) is 6. The van der Waals surface area contributed by atoms with Gasteiger partial charge in [0, 0.05) is 19.6 Å². The van der Waals surface area contributed by atoms with Gasteiger partial charge in [0.25, 0.3) is 11.8 Å². The molecule has 0 radical (unpaired) electrons. The summed E-state index contributed by atoms with van der Waals surface area (Å²) in [4.78, 5) is 26.5. The fourth-order valence-electron chi connectivity index (χ4n) is 3.40. The summed E-state index contributed by atoms with van der Waals surface area (Å²) in [5, 5.41) is 6.33. The Morgan fingerprint density at radius 1 is 1.48 bits per heavy atom. The summed E-state index contributed by atoms with van der Waals surface area (Å²) in [5.41, 5.74) is 0. The van der Waals surface area contributed by atoms with Gasteiger partial charge in [0.1, 0.15) is 0 Å². The summed E-state index contributed by atoms with van der Waals surface area (Å²) in [7, 11) is 1.45. The molecule has 8 heteroatoms. The molecule has 3 atom stereocenters. The first-order valence-corrected chi connectivity index (χ1v) is 8.80. The van der Waals surface area contributed by atoms with Crippen LogP contribution in [0.1, 0.15) is 36.7 Å². The van der Waals surface area contributed by atoms with Gasteiger partial charge in [-0.2, -0.15) is 0 Å². The van der Waals surface area contributed by atoms with Gasteiger partial charge in [0.05, 0.1) is 31.8 Å². The van der Waals surface area contributed by atoms with Gasteiger partial charge in [-0.3, -0.25) is 9.59 Å². The van der Waals surface area contributed by atoms with Crippen LogP contribution in [0.25, 0.3) is 0 Å². The Balaban J connectivity index is 1.43. The molecule has 8 nitrogen and oxygen atoms in total. The molecule has 2 aliphatic rings. The lowest BCUT2D eigenvalue weighted by atomic mass is 10.0. The average molecular weight is 351 g/mol. The van der Waals surface area contributed by atoms with Crippen molar-refractivity contribution < 1.29 is 23.6 Å². The SMILES string of the molecule is CCC1CCN(C(=O)[C@@H]2CO[C@H](CNC(=O)c3cc(OC)no3)C2)C1. The number of carbonyl (C=O) groups is 2. The highest BCUT2D eigenvalue weighted by Crippen LogP contribution is 2.26. The summed E-state index contributed by atoms with van der Waals surface area (Å²) in [6.07, 6.45) is 2.68. The van der Waals surface area contributed by atoms with Crippen LogP contribution in [0, 0.1) is 11.8 Å². The van der Waals surface area contributed by atoms with Gasteiger partial charge < -0.3 is 24.2 Å². The molecule has 1 unspecified atom stereocenters. The van der Waals surface area contributed by atoms with Gasteiger partial charge in [-0.15, -0.1) is 0 Å². The maximum atomic E-state index is 12.6. The summed E-state index contributed by atoms with van der Waals surface area (Å²) in [5.74, 6) is 0.668. The third kappa shape index (κ3) is 4.12. The molecular weight excluding hydrogens is 326 g/mol. The first-order chi connectivity index (χ1) is 12.1. The van der Waals surface area contributed by atoms with Crippen LogP contribution in [0.15, 0.2) is 10.6 Å². The molecule has 0 spiro atoms. The van der Waals surface area contributed by atoms with E-state index in [2.05, 4.69) is 17.4 Å². The van der Waals surface area contributed by atoms with Crippen LogP contribution < -0.4 is 10.1 Å². The second kappa shape index (κ2) is 7.86. The number of amides is 2. The molecule has 2 saturated heterocycles. The number of rotatable bonds is 6. The molecule has 2 amide bonds. The number of aromatic nitrogens is 1. The van der Waals surface area contributed by atoms with E-state index in [1.807, 2.05) is 4.90 Å². The number of carbonyl (C=O) groups excluding carboxylic acids is 2. The highest BCUT2D eigenvalue weighted by atomic mass is 16.5. The molecule has 25 heavy (non-hydrogen) atoms. The van der Waals surface area contributed by atoms with Crippen molar-refractivity contribution in [1.82, 2.24) is 15.4 Å². The lowest BCUT2D eigenvalue weighted by Gasteiger charge is -2.19. The zero-order valence-corrected chi connectivity index (χ0v) is 14.7. The molecule has 3 heterocycles. The fourth-order valence-corrected chi connectivity index (χ4v) is 3.40. The smallest absolute Gasteiger partial charge is 0.290 e. The van der Waals surface area contributed by atoms with Crippen LogP contribution in [-0.2, 0) is 9.53 Å². The van der Waals surface area contributed by atoms with Crippen LogP contribution >= 0.6 is 0 Å². The van der Waals surface area contributed by atoms with Crippen molar-refractivity contribution in [1.29, 1.82) is 0 Å². The van der Waals surface area contributed by atoms with E-state index in [-0.39, 0.29) is 35.5 Å². The maximum absolute atomic E-state index is 12.6. The van der Waals surface area contributed by atoms with E-state index in [0.29, 0.717) is 25.5 Å². The predicted molar refractivity (Wildman–Crippen MR) is 88.2 cm³/mol. The fraction of sp³-hybridized carbons (Fsp3) is 0.706. The number of nitrogens with one attached hydrogen (secondary N) is 1. The van der Waals surface area contributed by atoms with Crippen LogP contribution in [0.2, 0.25) is 0 Å². The van der Waals surface area contributed by atoms with Gasteiger partial charge in [0.2, 0.25) is 11.7 Å². The molecule has 0 bridgehead atoms. The van der Waals surface area contributed by atoms with E-state index < -0.39 is 0 Å². The third-order valence-electron chi connectivity index (χ3n) is 5.02. The number of likely N-dealkylation sites (tertiary alicyclic amines) is 1. The molecule has 2 aliphatic heterocycles. The normalized spacial score (nSPS) is 26.0. The van der Waals surface area contributed by atoms with Crippen LogP contribution in [0.4, 0.5) is 0 Å². The second-order valence-electron chi connectivity index (χ2n) is 6.68. The van der Waals surface area contributed by atoms with Gasteiger partial charge in [-0.25, -0.2) is 0 Å². The van der Waals surface area contributed by atoms with Crippen LogP contribution in [0.5, 0.6) is 5.88 Å². The summed E-state index contributed by atoms with van der Waals surface area (Å²) in [6.45, 7) is 4.63. The highest BCUT2D eigenvalue weighted by Gasteiger charge is 2.36. The van der Waals surface area contributed by atoms with Crippen molar-refractivity contribution in [3.8, 4) is 5.88 Å². The van der Waals surface area contributed by atoms with Crippen molar-refractivity contribution >= 4 is 11.8 Å². The van der Waals surface area contributed by atoms with Crippen molar-refractivity contribution in [3.05, 3.63) is 11.8 Å². The van der Waals surface area contributed by atoms with Crippen LogP contribution in [0.3, 0.4) is 0 Å². The Hall–Kier alpha value is -2.09. The molecule has 0 aliphatic carbocycles. The second-order valence-corrected chi connectivity index (χ2v) is 6.68. The van der Waals surface area contributed by atoms with E-state index >= 15 is 0 Å². The zero-order chi connectivity index (χ0) is 17.8. The molecule has 1 N–H and O–H groups in total. The Bertz CT molecular complexity index is 617. The van der Waals surface area contributed by atoms with Crippen molar-refractivity contribution in [2.45, 2.75) is 32.3 Å². The number of nitrogens with zero attached hydrogens (tertiary/aromatic N) is 2. The standard InChI is InChI=1S/C17H25N3O5/c1-3-11-4-5-20(9-11)17(22)12-6-13(24-10-12)8-18-16(21)14-7-15(23-2)19-25-14/h7,11-13H,3-6,8-10H2,1-2H3,(H,18,21)/t11?,12-,13-/m0/s1. The van der Waals surface area contributed by atoms with E-state index in [4.69, 9.17) is 14.0 Å². The predicted octanol–water partition coefficient (Wildman–Crippen LogP) is 1.08. The maximum Gasteiger partial charge on any atom is 0.290 e. The summed E-state index contributed by atoms with van der Waals surface area (Å²) < 4.78 is 15.4. The van der Waals surface area contributed by atoms with Crippen molar-refractivity contribution in [3.63, 3.8) is 0 Å². The lowest BCUT2D eigenvalue weighted by Crippen LogP contribution is -2.35. The van der Waals surface area contributed by atoms with Gasteiger partial charge in [-0.1, -0.05) is 13.3 Å². The molecule has 1 aromatic heterocycles. The number of methoxy groups -OCH3 is 1. The molecule has 2 fully saturated rings. The molecular formula is C17H25N3O5. The summed E-state index contributed by atoms with van der Waals surface area (Å²) >= 11 is 0. The first-order valence-electron chi connectivity index (χ1n) is 8.80. The zero-order valence-electron chi connectivity index (χ0n) is 14.7. The molecule has 3 rings (SSSR count). The van der Waals surface area contributed by atoms with Gasteiger partial charge in [-0.05, 0) is 23.9 Å². The van der Waals surface area contributed by atoms with Gasteiger partial charge in [0.15, 0.2) is 0 Å². The molecule has 0 saturated carbocycles.